The topological polar surface area (TPSA) is 226 Å². The summed E-state index contributed by atoms with van der Waals surface area (Å²) in [6.45, 7) is 6.86. The van der Waals surface area contributed by atoms with Gasteiger partial charge in [-0.05, 0) is 37.1 Å². The normalized spacial score (nSPS) is 11.0. The summed E-state index contributed by atoms with van der Waals surface area (Å²) in [6.07, 6.45) is 2.65. The molecule has 0 fully saturated rings. The minimum Gasteiger partial charge on any atom is -0.476 e. The Bertz CT molecular complexity index is 1440. The second-order valence-electron chi connectivity index (χ2n) is 11.0. The number of carbonyl (C=O) groups excluding carboxylic acids is 2. The minimum absolute atomic E-state index is 0.0696. The van der Waals surface area contributed by atoms with E-state index in [4.69, 9.17) is 23.9 Å². The molecule has 0 aliphatic heterocycles. The number of ether oxygens (including phenoxy) is 3. The summed E-state index contributed by atoms with van der Waals surface area (Å²) >= 11 is 0. The highest BCUT2D eigenvalue weighted by atomic mass is 16.7. The first-order valence-corrected chi connectivity index (χ1v) is 16.8. The van der Waals surface area contributed by atoms with Gasteiger partial charge in [0.05, 0.1) is 33.0 Å². The first kappa shape index (κ1) is 42.4. The molecule has 0 aliphatic rings. The quantitative estimate of drug-likeness (QED) is 0.0891. The second-order valence-corrected chi connectivity index (χ2v) is 11.0. The van der Waals surface area contributed by atoms with Crippen LogP contribution in [0.15, 0.2) is 33.9 Å². The zero-order chi connectivity index (χ0) is 37.6. The first-order valence-electron chi connectivity index (χ1n) is 16.8. The molecule has 0 unspecified atom stereocenters. The standard InChI is InChI=1S/C33H49N5O13/c1-4-6-17-50-37-26(32(43)44)10-8-24(30(37)41)28(39)34-12-14-36(16-19-48-22-23-49-21-20-47-3)15-13-35-29(40)25-9-11-27(33(45)46)38(31(25)42)51-18-7-5-2/h8-11H,4-7,12-23H2,1-3H3,(H,34,39)(H,35,40)(H,43,44)(H,45,46). The maximum absolute atomic E-state index is 13.0. The van der Waals surface area contributed by atoms with Crippen molar-refractivity contribution in [3.05, 3.63) is 67.5 Å². The Morgan fingerprint density at radius 1 is 0.647 bits per heavy atom. The van der Waals surface area contributed by atoms with Crippen molar-refractivity contribution >= 4 is 23.8 Å². The average molecular weight is 724 g/mol. The van der Waals surface area contributed by atoms with Crippen molar-refractivity contribution in [2.75, 3.05) is 86.1 Å². The summed E-state index contributed by atoms with van der Waals surface area (Å²) in [7, 11) is 1.57. The molecular formula is C33H49N5O13. The largest absolute Gasteiger partial charge is 0.476 e. The van der Waals surface area contributed by atoms with Gasteiger partial charge in [0, 0.05) is 39.8 Å². The highest BCUT2D eigenvalue weighted by Gasteiger charge is 2.21. The van der Waals surface area contributed by atoms with E-state index in [1.807, 2.05) is 18.7 Å². The molecule has 0 radical (unpaired) electrons. The fourth-order valence-electron chi connectivity index (χ4n) is 4.40. The van der Waals surface area contributed by atoms with Crippen molar-refractivity contribution in [2.45, 2.75) is 39.5 Å². The molecule has 4 N–H and O–H groups in total. The monoisotopic (exact) mass is 723 g/mol. The number of carboxylic acids is 2. The van der Waals surface area contributed by atoms with Crippen LogP contribution < -0.4 is 31.4 Å². The molecule has 2 heterocycles. The first-order chi connectivity index (χ1) is 24.6. The van der Waals surface area contributed by atoms with Crippen LogP contribution in [-0.4, -0.2) is 134 Å². The molecule has 18 heteroatoms. The van der Waals surface area contributed by atoms with Gasteiger partial charge >= 0.3 is 11.9 Å². The second kappa shape index (κ2) is 23.6. The molecule has 0 aliphatic carbocycles. The summed E-state index contributed by atoms with van der Waals surface area (Å²) in [5.41, 5.74) is -3.24. The third-order valence-corrected chi connectivity index (χ3v) is 7.23. The smallest absolute Gasteiger partial charge is 0.356 e. The van der Waals surface area contributed by atoms with Crippen LogP contribution in [0.25, 0.3) is 0 Å². The molecule has 0 atom stereocenters. The van der Waals surface area contributed by atoms with Crippen molar-refractivity contribution in [3.63, 3.8) is 0 Å². The lowest BCUT2D eigenvalue weighted by atomic mass is 10.2. The number of nitrogens with one attached hydrogen (secondary N) is 2. The van der Waals surface area contributed by atoms with Crippen molar-refractivity contribution in [1.29, 1.82) is 0 Å². The predicted octanol–water partition coefficient (Wildman–Crippen LogP) is 0.00520. The van der Waals surface area contributed by atoms with Crippen molar-refractivity contribution < 1.29 is 53.3 Å². The van der Waals surface area contributed by atoms with Crippen LogP contribution in [0.4, 0.5) is 0 Å². The number of methoxy groups -OCH3 is 1. The van der Waals surface area contributed by atoms with Crippen LogP contribution in [0.1, 0.15) is 81.2 Å². The summed E-state index contributed by atoms with van der Waals surface area (Å²) in [6, 6.07) is 4.50. The molecule has 2 amide bonds. The van der Waals surface area contributed by atoms with Crippen LogP contribution in [0.3, 0.4) is 0 Å². The molecule has 18 nitrogen and oxygen atoms in total. The third kappa shape index (κ3) is 14.2. The van der Waals surface area contributed by atoms with E-state index in [-0.39, 0.29) is 57.1 Å². The Balaban J connectivity index is 2.08. The van der Waals surface area contributed by atoms with Crippen molar-refractivity contribution in [3.8, 4) is 0 Å². The molecule has 2 aromatic rings. The molecule has 0 aromatic carbocycles. The molecular weight excluding hydrogens is 674 g/mol. The number of aromatic carboxylic acids is 2. The number of hydrogen-bond donors (Lipinski definition) is 4. The van der Waals surface area contributed by atoms with E-state index >= 15 is 0 Å². The van der Waals surface area contributed by atoms with Gasteiger partial charge in [-0.25, -0.2) is 9.59 Å². The number of hydrogen-bond acceptors (Lipinski definition) is 12. The number of rotatable bonds is 27. The van der Waals surface area contributed by atoms with Gasteiger partial charge in [0.2, 0.25) is 0 Å². The number of carbonyl (C=O) groups is 4. The zero-order valence-electron chi connectivity index (χ0n) is 29.3. The van der Waals surface area contributed by atoms with Gasteiger partial charge in [-0.2, -0.15) is 0 Å². The van der Waals surface area contributed by atoms with Crippen LogP contribution in [0.5, 0.6) is 0 Å². The fourth-order valence-corrected chi connectivity index (χ4v) is 4.40. The molecule has 0 saturated carbocycles. The lowest BCUT2D eigenvalue weighted by Gasteiger charge is -2.23. The Morgan fingerprint density at radius 3 is 1.49 bits per heavy atom. The van der Waals surface area contributed by atoms with Gasteiger partial charge in [-0.3, -0.25) is 24.1 Å². The van der Waals surface area contributed by atoms with Crippen LogP contribution in [0, 0.1) is 0 Å². The van der Waals surface area contributed by atoms with Crippen LogP contribution in [-0.2, 0) is 14.2 Å². The summed E-state index contributed by atoms with van der Waals surface area (Å²) in [5, 5.41) is 24.2. The Hall–Kier alpha value is -4.78. The number of unbranched alkanes of at least 4 members (excludes halogenated alkanes) is 2. The van der Waals surface area contributed by atoms with Crippen LogP contribution in [0.2, 0.25) is 0 Å². The van der Waals surface area contributed by atoms with Gasteiger partial charge in [0.15, 0.2) is 11.4 Å². The minimum atomic E-state index is -1.38. The van der Waals surface area contributed by atoms with E-state index in [1.54, 1.807) is 7.11 Å². The summed E-state index contributed by atoms with van der Waals surface area (Å²) in [4.78, 5) is 87.7. The average Bonchev–Trinajstić information content (AvgIpc) is 3.10. The van der Waals surface area contributed by atoms with Gasteiger partial charge in [0.25, 0.3) is 22.9 Å². The van der Waals surface area contributed by atoms with Gasteiger partial charge in [-0.1, -0.05) is 26.7 Å². The maximum atomic E-state index is 13.0. The highest BCUT2D eigenvalue weighted by molar-refractivity contribution is 5.95. The molecule has 0 saturated heterocycles. The molecule has 284 valence electrons. The number of amides is 2. The summed E-state index contributed by atoms with van der Waals surface area (Å²) < 4.78 is 17.2. The van der Waals surface area contributed by atoms with E-state index in [9.17, 15) is 39.0 Å². The number of nitrogens with zero attached hydrogens (tertiary/aromatic N) is 3. The summed E-state index contributed by atoms with van der Waals surface area (Å²) in [5.74, 6) is -4.23. The Morgan fingerprint density at radius 2 is 1.08 bits per heavy atom. The lowest BCUT2D eigenvalue weighted by molar-refractivity contribution is 0.0196. The number of aromatic nitrogens is 2. The van der Waals surface area contributed by atoms with Gasteiger partial charge < -0.3 is 44.7 Å². The van der Waals surface area contributed by atoms with E-state index in [0.29, 0.717) is 55.3 Å². The molecule has 2 aromatic heterocycles. The van der Waals surface area contributed by atoms with E-state index in [1.165, 1.54) is 0 Å². The fraction of sp³-hybridized carbons (Fsp3) is 0.576. The SMILES string of the molecule is CCCCOn1c(C(=O)O)ccc(C(=O)NCCN(CCNC(=O)c2ccc(C(=O)O)n(OCCCC)c2=O)CCOCCOCCOC)c1=O. The van der Waals surface area contributed by atoms with Crippen molar-refractivity contribution in [2.24, 2.45) is 0 Å². The van der Waals surface area contributed by atoms with E-state index < -0.39 is 46.3 Å². The van der Waals surface area contributed by atoms with Crippen molar-refractivity contribution in [1.82, 2.24) is 25.0 Å². The third-order valence-electron chi connectivity index (χ3n) is 7.23. The highest BCUT2D eigenvalue weighted by Crippen LogP contribution is 2.02. The lowest BCUT2D eigenvalue weighted by Crippen LogP contribution is -2.43. The van der Waals surface area contributed by atoms with Crippen LogP contribution >= 0.6 is 0 Å². The molecule has 51 heavy (non-hydrogen) atoms. The van der Waals surface area contributed by atoms with Gasteiger partial charge in [-0.15, -0.1) is 9.46 Å². The van der Waals surface area contributed by atoms with Gasteiger partial charge in [0.1, 0.15) is 24.3 Å². The number of pyridine rings is 2. The number of carboxylic acid groups (broad SMARTS) is 2. The zero-order valence-corrected chi connectivity index (χ0v) is 29.3. The Labute approximate surface area is 295 Å². The molecule has 2 rings (SSSR count). The molecule has 0 bridgehead atoms. The predicted molar refractivity (Wildman–Crippen MR) is 183 cm³/mol. The van der Waals surface area contributed by atoms with E-state index in [0.717, 1.165) is 37.1 Å². The Kier molecular flexibility index (Phi) is 19.6. The molecule has 0 spiro atoms. The van der Waals surface area contributed by atoms with E-state index in [2.05, 4.69) is 10.6 Å². The maximum Gasteiger partial charge on any atom is 0.356 e.